The van der Waals surface area contributed by atoms with E-state index in [2.05, 4.69) is 4.98 Å². The molecule has 0 spiro atoms. The fourth-order valence-electron chi connectivity index (χ4n) is 3.64. The van der Waals surface area contributed by atoms with Crippen molar-refractivity contribution in [2.45, 2.75) is 17.5 Å². The van der Waals surface area contributed by atoms with Gasteiger partial charge in [0.05, 0.1) is 13.2 Å². The van der Waals surface area contributed by atoms with Gasteiger partial charge >= 0.3 is 6.09 Å². The fraction of sp³-hybridized carbons (Fsp3) is 0.368. The molecule has 10 nitrogen and oxygen atoms in total. The van der Waals surface area contributed by atoms with Crippen LogP contribution in [-0.2, 0) is 25.9 Å². The summed E-state index contributed by atoms with van der Waals surface area (Å²) in [5.41, 5.74) is 2.81. The smallest absolute Gasteiger partial charge is 0.423 e. The second kappa shape index (κ2) is 8.56. The lowest BCUT2D eigenvalue weighted by atomic mass is 10.00. The van der Waals surface area contributed by atoms with Crippen molar-refractivity contribution in [3.05, 3.63) is 53.7 Å². The molecule has 1 aromatic heterocycles. The number of hydrogen-bond acceptors (Lipinski definition) is 8. The van der Waals surface area contributed by atoms with Crippen LogP contribution in [0.25, 0.3) is 0 Å². The molecule has 2 aromatic rings. The first kappa shape index (κ1) is 20.5. The Bertz CT molecular complexity index is 1010. The van der Waals surface area contributed by atoms with Gasteiger partial charge in [-0.25, -0.2) is 23.7 Å². The molecule has 2 N–H and O–H groups in total. The van der Waals surface area contributed by atoms with Gasteiger partial charge in [0.1, 0.15) is 10.7 Å². The van der Waals surface area contributed by atoms with E-state index >= 15 is 0 Å². The normalized spacial score (nSPS) is 19.8. The summed E-state index contributed by atoms with van der Waals surface area (Å²) in [6.45, 7) is 2.69. The molecule has 11 heteroatoms. The van der Waals surface area contributed by atoms with Crippen molar-refractivity contribution < 1.29 is 27.9 Å². The molecule has 0 saturated carbocycles. The molecule has 1 amide bonds. The molecule has 0 aliphatic carbocycles. The molecule has 0 unspecified atom stereocenters. The first-order valence-corrected chi connectivity index (χ1v) is 10.9. The number of ether oxygens (including phenoxy) is 2. The topological polar surface area (TPSA) is 121 Å². The standard InChI is InChI=1S/C19H22N4O6S/c24-19(21-25)29-18-16-4-2-1-3-14(16)7-8-23(18)30(26,27)15-5-6-17(20-13-15)22-9-11-28-12-10-22/h1-6,13,18,25H,7-12H2,(H,21,24)/t18-/m1/s1. The van der Waals surface area contributed by atoms with Crippen LogP contribution in [0.15, 0.2) is 47.5 Å². The van der Waals surface area contributed by atoms with E-state index in [0.29, 0.717) is 44.1 Å². The van der Waals surface area contributed by atoms with Gasteiger partial charge in [-0.15, -0.1) is 0 Å². The molecule has 0 radical (unpaired) electrons. The van der Waals surface area contributed by atoms with Crippen LogP contribution in [0, 0.1) is 0 Å². The maximum atomic E-state index is 13.3. The molecular formula is C19H22N4O6S. The van der Waals surface area contributed by atoms with Crippen LogP contribution >= 0.6 is 0 Å². The summed E-state index contributed by atoms with van der Waals surface area (Å²) in [6, 6.07) is 10.3. The Morgan fingerprint density at radius 3 is 2.63 bits per heavy atom. The minimum Gasteiger partial charge on any atom is -0.423 e. The molecule has 160 valence electrons. The van der Waals surface area contributed by atoms with Crippen LogP contribution < -0.4 is 10.4 Å². The number of fused-ring (bicyclic) bond motifs is 1. The number of benzene rings is 1. The number of nitrogens with zero attached hydrogens (tertiary/aromatic N) is 3. The van der Waals surface area contributed by atoms with Crippen LogP contribution in [0.1, 0.15) is 17.4 Å². The molecule has 1 aromatic carbocycles. The predicted molar refractivity (Wildman–Crippen MR) is 105 cm³/mol. The van der Waals surface area contributed by atoms with Gasteiger partial charge in [-0.2, -0.15) is 4.31 Å². The molecule has 1 saturated heterocycles. The number of aromatic nitrogens is 1. The van der Waals surface area contributed by atoms with Gasteiger partial charge < -0.3 is 14.4 Å². The zero-order valence-corrected chi connectivity index (χ0v) is 16.9. The van der Waals surface area contributed by atoms with Crippen molar-refractivity contribution in [2.75, 3.05) is 37.7 Å². The summed E-state index contributed by atoms with van der Waals surface area (Å²) >= 11 is 0. The van der Waals surface area contributed by atoms with Crippen LogP contribution in [-0.4, -0.2) is 61.9 Å². The molecule has 1 atom stereocenters. The van der Waals surface area contributed by atoms with Gasteiger partial charge in [0.2, 0.25) is 10.0 Å². The maximum absolute atomic E-state index is 13.3. The van der Waals surface area contributed by atoms with Crippen LogP contribution in [0.4, 0.5) is 10.6 Å². The van der Waals surface area contributed by atoms with E-state index < -0.39 is 22.3 Å². The summed E-state index contributed by atoms with van der Waals surface area (Å²) in [5, 5.41) is 8.86. The summed E-state index contributed by atoms with van der Waals surface area (Å²) in [5.74, 6) is 0.675. The van der Waals surface area contributed by atoms with E-state index in [1.165, 1.54) is 17.7 Å². The summed E-state index contributed by atoms with van der Waals surface area (Å²) in [4.78, 5) is 18.0. The van der Waals surface area contributed by atoms with Crippen molar-refractivity contribution in [1.82, 2.24) is 14.8 Å². The lowest BCUT2D eigenvalue weighted by molar-refractivity contribution is 0.00235. The third-order valence-electron chi connectivity index (χ3n) is 5.16. The summed E-state index contributed by atoms with van der Waals surface area (Å²) < 4.78 is 38.3. The molecule has 4 rings (SSSR count). The van der Waals surface area contributed by atoms with Gasteiger partial charge in [-0.1, -0.05) is 24.3 Å². The van der Waals surface area contributed by atoms with Crippen LogP contribution in [0.2, 0.25) is 0 Å². The van der Waals surface area contributed by atoms with Gasteiger partial charge in [-0.3, -0.25) is 5.21 Å². The van der Waals surface area contributed by atoms with Gasteiger partial charge in [0, 0.05) is 31.4 Å². The third-order valence-corrected chi connectivity index (χ3v) is 6.99. The van der Waals surface area contributed by atoms with Gasteiger partial charge in [0.25, 0.3) is 0 Å². The predicted octanol–water partition coefficient (Wildman–Crippen LogP) is 1.28. The number of anilines is 1. The number of nitrogens with one attached hydrogen (secondary N) is 1. The number of pyridine rings is 1. The highest BCUT2D eigenvalue weighted by atomic mass is 32.2. The van der Waals surface area contributed by atoms with E-state index in [0.717, 1.165) is 9.87 Å². The number of hydroxylamine groups is 1. The van der Waals surface area contributed by atoms with Gasteiger partial charge in [-0.05, 0) is 24.1 Å². The number of hydrogen-bond donors (Lipinski definition) is 2. The second-order valence-electron chi connectivity index (χ2n) is 6.89. The zero-order valence-electron chi connectivity index (χ0n) is 16.1. The number of carbonyl (C=O) groups excluding carboxylic acids is 1. The Kier molecular flexibility index (Phi) is 5.86. The van der Waals surface area contributed by atoms with Crippen molar-refractivity contribution >= 4 is 21.9 Å². The van der Waals surface area contributed by atoms with Crippen molar-refractivity contribution in [2.24, 2.45) is 0 Å². The molecule has 2 aliphatic heterocycles. The van der Waals surface area contributed by atoms with Crippen molar-refractivity contribution in [1.29, 1.82) is 0 Å². The highest BCUT2D eigenvalue weighted by molar-refractivity contribution is 7.89. The number of amides is 1. The SMILES string of the molecule is O=C(NO)O[C@@H]1c2ccccc2CCN1S(=O)(=O)c1ccc(N2CCOCC2)nc1. The number of sulfonamides is 1. The number of morpholine rings is 1. The van der Waals surface area contributed by atoms with Crippen LogP contribution in [0.5, 0.6) is 0 Å². The third kappa shape index (κ3) is 3.97. The van der Waals surface area contributed by atoms with Crippen molar-refractivity contribution in [3.8, 4) is 0 Å². The Balaban J connectivity index is 1.64. The highest BCUT2D eigenvalue weighted by Gasteiger charge is 2.39. The molecule has 3 heterocycles. The summed E-state index contributed by atoms with van der Waals surface area (Å²) in [6.07, 6.45) is -0.567. The number of carbonyl (C=O) groups is 1. The van der Waals surface area contributed by atoms with Crippen molar-refractivity contribution in [3.63, 3.8) is 0 Å². The average molecular weight is 434 g/mol. The lowest BCUT2D eigenvalue weighted by Gasteiger charge is -2.35. The van der Waals surface area contributed by atoms with E-state index in [1.807, 2.05) is 17.0 Å². The zero-order chi connectivity index (χ0) is 21.1. The minimum absolute atomic E-state index is 0.00287. The first-order valence-electron chi connectivity index (χ1n) is 9.50. The van der Waals surface area contributed by atoms with Gasteiger partial charge in [0.15, 0.2) is 6.23 Å². The van der Waals surface area contributed by atoms with E-state index in [4.69, 9.17) is 14.7 Å². The number of rotatable bonds is 4. The Labute approximate surface area is 174 Å². The Morgan fingerprint density at radius 2 is 1.93 bits per heavy atom. The molecule has 1 fully saturated rings. The highest BCUT2D eigenvalue weighted by Crippen LogP contribution is 2.35. The second-order valence-corrected chi connectivity index (χ2v) is 8.78. The fourth-order valence-corrected chi connectivity index (χ4v) is 5.08. The molecule has 30 heavy (non-hydrogen) atoms. The monoisotopic (exact) mass is 434 g/mol. The maximum Gasteiger partial charge on any atom is 0.432 e. The van der Waals surface area contributed by atoms with E-state index in [1.54, 1.807) is 18.2 Å². The summed E-state index contributed by atoms with van der Waals surface area (Å²) in [7, 11) is -4.01. The minimum atomic E-state index is -4.01. The first-order chi connectivity index (χ1) is 14.5. The Hall–Kier alpha value is -2.73. The van der Waals surface area contributed by atoms with E-state index in [-0.39, 0.29) is 11.4 Å². The van der Waals surface area contributed by atoms with E-state index in [9.17, 15) is 13.2 Å². The quantitative estimate of drug-likeness (QED) is 0.545. The van der Waals surface area contributed by atoms with Crippen LogP contribution in [0.3, 0.4) is 0 Å². The Morgan fingerprint density at radius 1 is 1.17 bits per heavy atom. The largest absolute Gasteiger partial charge is 0.432 e. The molecule has 2 aliphatic rings. The molecular weight excluding hydrogens is 412 g/mol. The lowest BCUT2D eigenvalue weighted by Crippen LogP contribution is -2.43. The average Bonchev–Trinajstić information content (AvgIpc) is 2.79. The molecule has 0 bridgehead atoms.